The molecule has 3 rings (SSSR count). The van der Waals surface area contributed by atoms with Gasteiger partial charge in [0.25, 0.3) is 0 Å². The number of halogens is 1. The number of pyridine rings is 1. The maximum Gasteiger partial charge on any atom is 0.244 e. The number of fused-ring (bicyclic) bond motifs is 1. The Morgan fingerprint density at radius 3 is 2.85 bits per heavy atom. The van der Waals surface area contributed by atoms with Crippen LogP contribution >= 0.6 is 11.6 Å². The first-order chi connectivity index (χ1) is 12.3. The van der Waals surface area contributed by atoms with E-state index in [-0.39, 0.29) is 17.3 Å². The molecule has 1 aliphatic heterocycles. The van der Waals surface area contributed by atoms with E-state index < -0.39 is 10.0 Å². The van der Waals surface area contributed by atoms with Gasteiger partial charge in [-0.3, -0.25) is 9.78 Å². The number of carbonyl (C=O) groups is 1. The summed E-state index contributed by atoms with van der Waals surface area (Å²) < 4.78 is 26.3. The normalized spacial score (nSPS) is 14.4. The molecular weight excluding hydrogens is 374 g/mol. The molecule has 138 valence electrons. The van der Waals surface area contributed by atoms with Crippen molar-refractivity contribution in [3.63, 3.8) is 0 Å². The average molecular weight is 394 g/mol. The number of aryl methyl sites for hydroxylation is 2. The van der Waals surface area contributed by atoms with Crippen LogP contribution in [-0.2, 0) is 21.2 Å². The van der Waals surface area contributed by atoms with Gasteiger partial charge in [-0.05, 0) is 55.2 Å². The fourth-order valence-corrected chi connectivity index (χ4v) is 4.59. The highest BCUT2D eigenvalue weighted by Crippen LogP contribution is 2.33. The number of rotatable bonds is 4. The van der Waals surface area contributed by atoms with Crippen molar-refractivity contribution in [1.82, 2.24) is 9.29 Å². The minimum absolute atomic E-state index is 0.0670. The molecule has 0 bridgehead atoms. The highest BCUT2D eigenvalue weighted by molar-refractivity contribution is 7.89. The second kappa shape index (κ2) is 7.34. The molecule has 0 fully saturated rings. The number of hydrogen-bond acceptors (Lipinski definition) is 4. The van der Waals surface area contributed by atoms with Gasteiger partial charge in [-0.25, -0.2) is 8.42 Å². The van der Waals surface area contributed by atoms with Gasteiger partial charge in [-0.2, -0.15) is 4.31 Å². The molecule has 0 aliphatic carbocycles. The minimum atomic E-state index is -3.76. The summed E-state index contributed by atoms with van der Waals surface area (Å²) in [7, 11) is -2.36. The van der Waals surface area contributed by atoms with Crippen LogP contribution in [0.2, 0.25) is 5.02 Å². The number of likely N-dealkylation sites (N-methyl/N-ethyl adjacent to an activating group) is 1. The van der Waals surface area contributed by atoms with E-state index in [0.717, 1.165) is 34.0 Å². The van der Waals surface area contributed by atoms with Gasteiger partial charge >= 0.3 is 0 Å². The summed E-state index contributed by atoms with van der Waals surface area (Å²) in [6.45, 7) is 2.24. The number of benzene rings is 1. The van der Waals surface area contributed by atoms with Crippen LogP contribution in [0.1, 0.15) is 17.5 Å². The minimum Gasteiger partial charge on any atom is -0.311 e. The van der Waals surface area contributed by atoms with Crippen LogP contribution in [0.5, 0.6) is 0 Å². The lowest BCUT2D eigenvalue weighted by atomic mass is 9.98. The quantitative estimate of drug-likeness (QED) is 0.800. The molecule has 1 amide bonds. The van der Waals surface area contributed by atoms with Crippen molar-refractivity contribution in [3.8, 4) is 0 Å². The second-order valence-corrected chi connectivity index (χ2v) is 8.81. The Morgan fingerprint density at radius 2 is 2.15 bits per heavy atom. The molecule has 0 spiro atoms. The van der Waals surface area contributed by atoms with E-state index in [4.69, 9.17) is 11.6 Å². The van der Waals surface area contributed by atoms with Crippen LogP contribution in [0.4, 0.5) is 5.69 Å². The molecule has 0 saturated heterocycles. The molecule has 0 N–H and O–H groups in total. The Labute approximate surface area is 158 Å². The molecule has 26 heavy (non-hydrogen) atoms. The summed E-state index contributed by atoms with van der Waals surface area (Å²) in [5.41, 5.74) is 2.78. The van der Waals surface area contributed by atoms with Gasteiger partial charge in [-0.15, -0.1) is 0 Å². The van der Waals surface area contributed by atoms with Gasteiger partial charge in [0.2, 0.25) is 15.9 Å². The summed E-state index contributed by atoms with van der Waals surface area (Å²) >= 11 is 6.12. The molecule has 0 saturated carbocycles. The zero-order valence-electron chi connectivity index (χ0n) is 14.6. The third kappa shape index (κ3) is 3.60. The van der Waals surface area contributed by atoms with Crippen molar-refractivity contribution < 1.29 is 13.2 Å². The molecule has 0 radical (unpaired) electrons. The maximum absolute atomic E-state index is 12.9. The summed E-state index contributed by atoms with van der Waals surface area (Å²) in [4.78, 5) is 18.4. The maximum atomic E-state index is 12.9. The van der Waals surface area contributed by atoms with Crippen molar-refractivity contribution in [1.29, 1.82) is 0 Å². The predicted molar refractivity (Wildman–Crippen MR) is 101 cm³/mol. The third-order valence-electron chi connectivity index (χ3n) is 4.44. The first-order valence-electron chi connectivity index (χ1n) is 8.26. The van der Waals surface area contributed by atoms with Crippen LogP contribution < -0.4 is 4.90 Å². The summed E-state index contributed by atoms with van der Waals surface area (Å²) in [6, 6.07) is 6.71. The van der Waals surface area contributed by atoms with Crippen molar-refractivity contribution in [2.45, 2.75) is 24.7 Å². The standard InChI is InChI=1S/C18H20ClN3O3S/c1-13-9-15(19)10-14-5-4-8-22(18(13)14)17(23)12-21(2)26(24,25)16-6-3-7-20-11-16/h3,6-7,9-11H,4-5,8,12H2,1-2H3. The summed E-state index contributed by atoms with van der Waals surface area (Å²) in [5, 5.41) is 0.645. The number of carbonyl (C=O) groups excluding carboxylic acids is 1. The number of amides is 1. The van der Waals surface area contributed by atoms with Crippen LogP contribution in [0.15, 0.2) is 41.6 Å². The van der Waals surface area contributed by atoms with Crippen LogP contribution in [0.3, 0.4) is 0 Å². The highest BCUT2D eigenvalue weighted by atomic mass is 35.5. The van der Waals surface area contributed by atoms with E-state index in [1.807, 2.05) is 19.1 Å². The smallest absolute Gasteiger partial charge is 0.244 e. The van der Waals surface area contributed by atoms with Crippen LogP contribution in [-0.4, -0.2) is 43.8 Å². The van der Waals surface area contributed by atoms with Gasteiger partial charge in [0, 0.05) is 36.7 Å². The Morgan fingerprint density at radius 1 is 1.38 bits per heavy atom. The topological polar surface area (TPSA) is 70.6 Å². The lowest BCUT2D eigenvalue weighted by molar-refractivity contribution is -0.118. The lowest BCUT2D eigenvalue weighted by Crippen LogP contribution is -2.43. The zero-order valence-corrected chi connectivity index (χ0v) is 16.2. The average Bonchev–Trinajstić information content (AvgIpc) is 2.61. The van der Waals surface area contributed by atoms with Gasteiger partial charge in [0.05, 0.1) is 6.54 Å². The summed E-state index contributed by atoms with van der Waals surface area (Å²) in [5.74, 6) is -0.258. The number of anilines is 1. The largest absolute Gasteiger partial charge is 0.311 e. The van der Waals surface area contributed by atoms with Crippen molar-refractivity contribution in [2.24, 2.45) is 0 Å². The summed E-state index contributed by atoms with van der Waals surface area (Å²) in [6.07, 6.45) is 4.45. The number of nitrogens with zero attached hydrogens (tertiary/aromatic N) is 3. The first kappa shape index (κ1) is 18.8. The SMILES string of the molecule is Cc1cc(Cl)cc2c1N(C(=O)CN(C)S(=O)(=O)c1cccnc1)CCC2. The van der Waals surface area contributed by atoms with E-state index in [2.05, 4.69) is 4.98 Å². The Hall–Kier alpha value is -1.96. The molecule has 0 atom stereocenters. The third-order valence-corrected chi connectivity index (χ3v) is 6.45. The van der Waals surface area contributed by atoms with E-state index in [1.54, 1.807) is 11.0 Å². The van der Waals surface area contributed by atoms with Crippen LogP contribution in [0, 0.1) is 6.92 Å². The predicted octanol–water partition coefficient (Wildman–Crippen LogP) is 2.64. The Kier molecular flexibility index (Phi) is 5.32. The van der Waals surface area contributed by atoms with Gasteiger partial charge in [-0.1, -0.05) is 11.6 Å². The molecule has 2 aromatic rings. The van der Waals surface area contributed by atoms with E-state index in [1.165, 1.54) is 25.5 Å². The van der Waals surface area contributed by atoms with E-state index >= 15 is 0 Å². The molecular formula is C18H20ClN3O3S. The molecule has 1 aromatic carbocycles. The van der Waals surface area contributed by atoms with Crippen molar-refractivity contribution in [3.05, 3.63) is 52.8 Å². The lowest BCUT2D eigenvalue weighted by Gasteiger charge is -2.32. The molecule has 2 heterocycles. The highest BCUT2D eigenvalue weighted by Gasteiger charge is 2.29. The molecule has 0 unspecified atom stereocenters. The van der Waals surface area contributed by atoms with Crippen molar-refractivity contribution in [2.75, 3.05) is 25.0 Å². The van der Waals surface area contributed by atoms with E-state index in [0.29, 0.717) is 11.6 Å². The van der Waals surface area contributed by atoms with E-state index in [9.17, 15) is 13.2 Å². The second-order valence-electron chi connectivity index (χ2n) is 6.33. The molecule has 1 aromatic heterocycles. The van der Waals surface area contributed by atoms with Gasteiger partial charge < -0.3 is 4.90 Å². The first-order valence-corrected chi connectivity index (χ1v) is 10.1. The van der Waals surface area contributed by atoms with Crippen LogP contribution in [0.25, 0.3) is 0 Å². The van der Waals surface area contributed by atoms with Gasteiger partial charge in [0.15, 0.2) is 0 Å². The Bertz CT molecular complexity index is 932. The fourth-order valence-electron chi connectivity index (χ4n) is 3.21. The molecule has 6 nitrogen and oxygen atoms in total. The van der Waals surface area contributed by atoms with Crippen molar-refractivity contribution >= 4 is 33.2 Å². The zero-order chi connectivity index (χ0) is 18.9. The number of aromatic nitrogens is 1. The Balaban J connectivity index is 1.84. The molecule has 8 heteroatoms. The monoisotopic (exact) mass is 393 g/mol. The number of hydrogen-bond donors (Lipinski definition) is 0. The fraction of sp³-hybridized carbons (Fsp3) is 0.333. The van der Waals surface area contributed by atoms with Gasteiger partial charge in [0.1, 0.15) is 4.90 Å². The molecule has 1 aliphatic rings. The number of sulfonamides is 1.